The van der Waals surface area contributed by atoms with E-state index in [1.807, 2.05) is 19.1 Å². The number of aromatic nitrogens is 1. The molecule has 1 amide bonds. The Hall–Kier alpha value is -1.88. The number of anilines is 2. The summed E-state index contributed by atoms with van der Waals surface area (Å²) in [6.45, 7) is 8.14. The molecule has 0 saturated heterocycles. The molecule has 2 heterocycles. The van der Waals surface area contributed by atoms with Crippen LogP contribution < -0.4 is 10.2 Å². The van der Waals surface area contributed by atoms with Crippen molar-refractivity contribution in [3.8, 4) is 11.3 Å². The highest BCUT2D eigenvalue weighted by Crippen LogP contribution is 2.36. The molecular formula is C16H19N3OS. The molecule has 21 heavy (non-hydrogen) atoms. The van der Waals surface area contributed by atoms with E-state index in [1.54, 1.807) is 11.3 Å². The number of amides is 1. The normalized spacial score (nSPS) is 16.7. The second-order valence-electron chi connectivity index (χ2n) is 5.20. The van der Waals surface area contributed by atoms with Crippen LogP contribution in [0, 0.1) is 0 Å². The van der Waals surface area contributed by atoms with Crippen LogP contribution in [0.3, 0.4) is 0 Å². The Morgan fingerprint density at radius 3 is 2.81 bits per heavy atom. The maximum absolute atomic E-state index is 11.7. The van der Waals surface area contributed by atoms with Gasteiger partial charge in [0.2, 0.25) is 5.91 Å². The summed E-state index contributed by atoms with van der Waals surface area (Å²) in [6.07, 6.45) is 0. The van der Waals surface area contributed by atoms with Crippen molar-refractivity contribution in [2.45, 2.75) is 26.7 Å². The quantitative estimate of drug-likeness (QED) is 0.936. The Morgan fingerprint density at radius 2 is 2.10 bits per heavy atom. The van der Waals surface area contributed by atoms with Gasteiger partial charge in [-0.05, 0) is 38.5 Å². The van der Waals surface area contributed by atoms with Crippen LogP contribution in [0.25, 0.3) is 11.3 Å². The van der Waals surface area contributed by atoms with Gasteiger partial charge in [0.1, 0.15) is 0 Å². The number of carbonyl (C=O) groups excluding carboxylic acids is 1. The Labute approximate surface area is 128 Å². The first-order valence-electron chi connectivity index (χ1n) is 7.29. The number of hydrogen-bond donors (Lipinski definition) is 1. The molecule has 5 heteroatoms. The van der Waals surface area contributed by atoms with E-state index in [2.05, 4.69) is 35.5 Å². The van der Waals surface area contributed by atoms with Crippen LogP contribution in [0.2, 0.25) is 0 Å². The highest BCUT2D eigenvalue weighted by Gasteiger charge is 2.26. The van der Waals surface area contributed by atoms with Crippen LogP contribution in [0.15, 0.2) is 23.6 Å². The topological polar surface area (TPSA) is 45.2 Å². The summed E-state index contributed by atoms with van der Waals surface area (Å²) >= 11 is 1.67. The minimum absolute atomic E-state index is 0.0734. The lowest BCUT2D eigenvalue weighted by Gasteiger charge is -2.16. The van der Waals surface area contributed by atoms with Gasteiger partial charge in [0.25, 0.3) is 0 Å². The third kappa shape index (κ3) is 2.42. The fraction of sp³-hybridized carbons (Fsp3) is 0.375. The van der Waals surface area contributed by atoms with Crippen LogP contribution in [0.5, 0.6) is 0 Å². The second kappa shape index (κ2) is 5.48. The Bertz CT molecular complexity index is 676. The number of rotatable bonds is 4. The highest BCUT2D eigenvalue weighted by molar-refractivity contribution is 7.14. The molecule has 0 fully saturated rings. The van der Waals surface area contributed by atoms with E-state index < -0.39 is 0 Å². The fourth-order valence-electron chi connectivity index (χ4n) is 2.61. The van der Waals surface area contributed by atoms with Crippen molar-refractivity contribution in [3.63, 3.8) is 0 Å². The summed E-state index contributed by atoms with van der Waals surface area (Å²) < 4.78 is 0. The van der Waals surface area contributed by atoms with Gasteiger partial charge in [-0.2, -0.15) is 0 Å². The zero-order valence-electron chi connectivity index (χ0n) is 12.5. The largest absolute Gasteiger partial charge is 0.349 e. The Morgan fingerprint density at radius 1 is 1.33 bits per heavy atom. The minimum Gasteiger partial charge on any atom is -0.349 e. The lowest BCUT2D eigenvalue weighted by molar-refractivity contribution is -0.116. The van der Waals surface area contributed by atoms with Crippen molar-refractivity contribution in [3.05, 3.63) is 29.1 Å². The number of hydrogen-bond acceptors (Lipinski definition) is 4. The van der Waals surface area contributed by atoms with E-state index in [0.717, 1.165) is 40.7 Å². The van der Waals surface area contributed by atoms with Crippen molar-refractivity contribution < 1.29 is 4.79 Å². The average molecular weight is 301 g/mol. The summed E-state index contributed by atoms with van der Waals surface area (Å²) in [5.74, 6) is -0.00917. The van der Waals surface area contributed by atoms with E-state index in [9.17, 15) is 4.79 Å². The summed E-state index contributed by atoms with van der Waals surface area (Å²) in [5, 5.41) is 6.04. The van der Waals surface area contributed by atoms with Gasteiger partial charge in [0, 0.05) is 29.7 Å². The predicted molar refractivity (Wildman–Crippen MR) is 88.2 cm³/mol. The number of nitrogens with zero attached hydrogens (tertiary/aromatic N) is 2. The molecule has 1 aliphatic heterocycles. The van der Waals surface area contributed by atoms with Gasteiger partial charge < -0.3 is 10.2 Å². The molecular weight excluding hydrogens is 282 g/mol. The maximum Gasteiger partial charge on any atom is 0.231 e. The van der Waals surface area contributed by atoms with E-state index in [-0.39, 0.29) is 11.8 Å². The van der Waals surface area contributed by atoms with Gasteiger partial charge in [0.15, 0.2) is 5.13 Å². The maximum atomic E-state index is 11.7. The number of nitrogens with one attached hydrogen (secondary N) is 1. The molecule has 3 rings (SSSR count). The third-order valence-electron chi connectivity index (χ3n) is 3.99. The van der Waals surface area contributed by atoms with Crippen LogP contribution in [0.4, 0.5) is 10.8 Å². The van der Waals surface area contributed by atoms with Crippen LogP contribution >= 0.6 is 11.3 Å². The summed E-state index contributed by atoms with van der Waals surface area (Å²) in [4.78, 5) is 18.7. The SMILES string of the molecule is CCN(CC)c1nc(-c2ccc3c(c2)C(C)C(=O)N3)cs1. The van der Waals surface area contributed by atoms with Gasteiger partial charge in [-0.25, -0.2) is 4.98 Å². The average Bonchev–Trinajstić information content (AvgIpc) is 3.07. The molecule has 0 spiro atoms. The molecule has 2 aromatic rings. The molecule has 1 aromatic heterocycles. The van der Waals surface area contributed by atoms with Crippen LogP contribution in [0.1, 0.15) is 32.3 Å². The Kier molecular flexibility index (Phi) is 3.68. The smallest absolute Gasteiger partial charge is 0.231 e. The van der Waals surface area contributed by atoms with Crippen LogP contribution in [-0.2, 0) is 4.79 Å². The first-order chi connectivity index (χ1) is 10.1. The molecule has 1 atom stereocenters. The van der Waals surface area contributed by atoms with Gasteiger partial charge in [-0.15, -0.1) is 11.3 Å². The molecule has 1 aromatic carbocycles. The summed E-state index contributed by atoms with van der Waals surface area (Å²) in [5.41, 5.74) is 4.05. The first kappa shape index (κ1) is 14.1. The zero-order chi connectivity index (χ0) is 15.0. The Balaban J connectivity index is 1.94. The van der Waals surface area contributed by atoms with Crippen molar-refractivity contribution >= 4 is 28.1 Å². The zero-order valence-corrected chi connectivity index (χ0v) is 13.3. The molecule has 110 valence electrons. The van der Waals surface area contributed by atoms with Gasteiger partial charge >= 0.3 is 0 Å². The third-order valence-corrected chi connectivity index (χ3v) is 4.89. The number of benzene rings is 1. The molecule has 1 N–H and O–H groups in total. The van der Waals surface area contributed by atoms with Crippen molar-refractivity contribution in [2.75, 3.05) is 23.3 Å². The van der Waals surface area contributed by atoms with Gasteiger partial charge in [-0.1, -0.05) is 6.07 Å². The van der Waals surface area contributed by atoms with E-state index in [1.165, 1.54) is 0 Å². The lowest BCUT2D eigenvalue weighted by atomic mass is 10.00. The van der Waals surface area contributed by atoms with Crippen molar-refractivity contribution in [1.82, 2.24) is 4.98 Å². The fourth-order valence-corrected chi connectivity index (χ4v) is 3.58. The number of carbonyl (C=O) groups is 1. The molecule has 0 aliphatic carbocycles. The molecule has 4 nitrogen and oxygen atoms in total. The molecule has 0 bridgehead atoms. The first-order valence-corrected chi connectivity index (χ1v) is 8.17. The molecule has 0 radical (unpaired) electrons. The molecule has 1 unspecified atom stereocenters. The van der Waals surface area contributed by atoms with E-state index in [4.69, 9.17) is 4.98 Å². The van der Waals surface area contributed by atoms with Crippen molar-refractivity contribution in [1.29, 1.82) is 0 Å². The summed E-state index contributed by atoms with van der Waals surface area (Å²) in [6, 6.07) is 6.08. The summed E-state index contributed by atoms with van der Waals surface area (Å²) in [7, 11) is 0. The standard InChI is InChI=1S/C16H19N3OS/c1-4-19(5-2)16-18-14(9-21-16)11-6-7-13-12(8-11)10(3)15(20)17-13/h6-10H,4-5H2,1-3H3,(H,17,20). The highest BCUT2D eigenvalue weighted by atomic mass is 32.1. The number of fused-ring (bicyclic) bond motifs is 1. The monoisotopic (exact) mass is 301 g/mol. The lowest BCUT2D eigenvalue weighted by Crippen LogP contribution is -2.21. The van der Waals surface area contributed by atoms with Gasteiger partial charge in [-0.3, -0.25) is 4.79 Å². The van der Waals surface area contributed by atoms with E-state index >= 15 is 0 Å². The van der Waals surface area contributed by atoms with Crippen LogP contribution in [-0.4, -0.2) is 24.0 Å². The van der Waals surface area contributed by atoms with Crippen molar-refractivity contribution in [2.24, 2.45) is 0 Å². The van der Waals surface area contributed by atoms with Gasteiger partial charge in [0.05, 0.1) is 11.6 Å². The van der Waals surface area contributed by atoms with E-state index in [0.29, 0.717) is 0 Å². The molecule has 1 aliphatic rings. The molecule has 0 saturated carbocycles. The minimum atomic E-state index is -0.0826. The second-order valence-corrected chi connectivity index (χ2v) is 6.04. The predicted octanol–water partition coefficient (Wildman–Crippen LogP) is 3.71. The number of thiazole rings is 1.